The van der Waals surface area contributed by atoms with Crippen molar-refractivity contribution in [2.75, 3.05) is 22.7 Å². The van der Waals surface area contributed by atoms with Crippen LogP contribution in [0.3, 0.4) is 0 Å². The van der Waals surface area contributed by atoms with Crippen molar-refractivity contribution in [2.45, 2.75) is 37.4 Å². The second-order valence-corrected chi connectivity index (χ2v) is 10.4. The van der Waals surface area contributed by atoms with Crippen LogP contribution in [0.1, 0.15) is 32.3 Å². The van der Waals surface area contributed by atoms with E-state index in [2.05, 4.69) is 25.8 Å². The molecule has 1 fully saturated rings. The molecule has 162 valence electrons. The van der Waals surface area contributed by atoms with Gasteiger partial charge >= 0.3 is 0 Å². The fraction of sp³-hybridized carbons (Fsp3) is 0.409. The molecule has 0 spiro atoms. The number of fused-ring (bicyclic) bond motifs is 1. The van der Waals surface area contributed by atoms with E-state index in [0.29, 0.717) is 31.6 Å². The number of nitriles is 1. The van der Waals surface area contributed by atoms with Crippen LogP contribution >= 0.6 is 0 Å². The van der Waals surface area contributed by atoms with E-state index in [0.717, 1.165) is 22.3 Å². The first-order chi connectivity index (χ1) is 14.7. The molecule has 1 aliphatic heterocycles. The van der Waals surface area contributed by atoms with Crippen molar-refractivity contribution in [3.8, 4) is 6.07 Å². The number of aromatic nitrogens is 3. The van der Waals surface area contributed by atoms with Crippen LogP contribution < -0.4 is 9.62 Å². The molecule has 8 nitrogen and oxygen atoms in total. The molecule has 0 atom stereocenters. The number of piperidine rings is 1. The quantitative estimate of drug-likeness (QED) is 0.656. The molecule has 0 saturated carbocycles. The van der Waals surface area contributed by atoms with Gasteiger partial charge in [0.25, 0.3) is 0 Å². The number of nitrogens with one attached hydrogen (secondary N) is 1. The van der Waals surface area contributed by atoms with E-state index < -0.39 is 20.7 Å². The predicted molar refractivity (Wildman–Crippen MR) is 121 cm³/mol. The van der Waals surface area contributed by atoms with Crippen LogP contribution in [0.5, 0.6) is 0 Å². The van der Waals surface area contributed by atoms with Crippen LogP contribution in [0.25, 0.3) is 10.9 Å². The van der Waals surface area contributed by atoms with Crippen molar-refractivity contribution < 1.29 is 8.42 Å². The Bertz CT molecular complexity index is 1250. The minimum Gasteiger partial charge on any atom is -0.357 e. The average molecular weight is 439 g/mol. The van der Waals surface area contributed by atoms with Crippen LogP contribution in [0.15, 0.2) is 42.7 Å². The van der Waals surface area contributed by atoms with Crippen LogP contribution in [-0.4, -0.2) is 41.5 Å². The van der Waals surface area contributed by atoms with Gasteiger partial charge in [0, 0.05) is 31.7 Å². The molecule has 0 amide bonds. The summed E-state index contributed by atoms with van der Waals surface area (Å²) in [6.45, 7) is 4.93. The van der Waals surface area contributed by atoms with E-state index in [9.17, 15) is 13.7 Å². The number of nitrogens with zero attached hydrogens (tertiary/aromatic N) is 5. The Kier molecular flexibility index (Phi) is 5.35. The summed E-state index contributed by atoms with van der Waals surface area (Å²) in [6.07, 6.45) is 4.44. The summed E-state index contributed by atoms with van der Waals surface area (Å²) in [7, 11) is -1.75. The van der Waals surface area contributed by atoms with Gasteiger partial charge in [0.05, 0.1) is 34.1 Å². The lowest BCUT2D eigenvalue weighted by Crippen LogP contribution is -2.41. The van der Waals surface area contributed by atoms with E-state index in [-0.39, 0.29) is 0 Å². The number of pyridine rings is 1. The van der Waals surface area contributed by atoms with Gasteiger partial charge in [-0.15, -0.1) is 0 Å². The fourth-order valence-corrected chi connectivity index (χ4v) is 5.46. The normalized spacial score (nSPS) is 15.7. The number of aryl methyl sites for hydroxylation is 1. The molecule has 1 saturated heterocycles. The molecular formula is C22H26N6O2S. The largest absolute Gasteiger partial charge is 0.357 e. The standard InChI is InChI=1S/C22H26N6O2S/c1-22(2,15-23)17-7-10-24-20(13-17)28-11-8-18(9-12-28)31(29,30)26-19-6-4-5-16-14-25-27(3)21(16)19/h4-7,10,13-14,18,26H,8-9,11-12H2,1-3H3. The van der Waals surface area contributed by atoms with E-state index in [1.165, 1.54) is 0 Å². The van der Waals surface area contributed by atoms with Gasteiger partial charge in [-0.05, 0) is 50.5 Å². The smallest absolute Gasteiger partial charge is 0.235 e. The monoisotopic (exact) mass is 438 g/mol. The van der Waals surface area contributed by atoms with Gasteiger partial charge < -0.3 is 4.90 Å². The second kappa shape index (κ2) is 7.85. The highest BCUT2D eigenvalue weighted by Gasteiger charge is 2.31. The molecule has 0 unspecified atom stereocenters. The zero-order chi connectivity index (χ0) is 22.2. The highest BCUT2D eigenvalue weighted by atomic mass is 32.2. The van der Waals surface area contributed by atoms with Crippen molar-refractivity contribution in [1.29, 1.82) is 5.26 Å². The molecule has 3 aromatic rings. The Morgan fingerprint density at radius 2 is 1.97 bits per heavy atom. The number of hydrogen-bond acceptors (Lipinski definition) is 6. The first-order valence-corrected chi connectivity index (χ1v) is 11.8. The SMILES string of the molecule is Cn1ncc2cccc(NS(=O)(=O)C3CCN(c4cc(C(C)(C)C#N)ccn4)CC3)c21. The number of rotatable bonds is 5. The van der Waals surface area contributed by atoms with Gasteiger partial charge in [-0.25, -0.2) is 13.4 Å². The predicted octanol–water partition coefficient (Wildman–Crippen LogP) is 3.18. The maximum absolute atomic E-state index is 13.1. The maximum atomic E-state index is 13.1. The minimum atomic E-state index is -3.54. The number of sulfonamides is 1. The fourth-order valence-electron chi connectivity index (χ4n) is 3.99. The summed E-state index contributed by atoms with van der Waals surface area (Å²) < 4.78 is 30.6. The summed E-state index contributed by atoms with van der Waals surface area (Å²) in [4.78, 5) is 6.53. The van der Waals surface area contributed by atoms with Gasteiger partial charge in [-0.1, -0.05) is 12.1 Å². The molecule has 1 aliphatic rings. The molecule has 4 rings (SSSR count). The Balaban J connectivity index is 1.48. The summed E-state index contributed by atoms with van der Waals surface area (Å²) in [5, 5.41) is 14.0. The molecule has 1 N–H and O–H groups in total. The second-order valence-electron chi connectivity index (χ2n) is 8.48. The third-order valence-electron chi connectivity index (χ3n) is 5.96. The zero-order valence-corrected chi connectivity index (χ0v) is 18.7. The van der Waals surface area contributed by atoms with Crippen LogP contribution in [-0.2, 0) is 22.5 Å². The molecular weight excluding hydrogens is 412 g/mol. The van der Waals surface area contributed by atoms with Crippen molar-refractivity contribution >= 4 is 32.4 Å². The minimum absolute atomic E-state index is 0.481. The van der Waals surface area contributed by atoms with Crippen molar-refractivity contribution in [2.24, 2.45) is 7.05 Å². The lowest BCUT2D eigenvalue weighted by molar-refractivity contribution is 0.531. The number of hydrogen-bond donors (Lipinski definition) is 1. The average Bonchev–Trinajstić information content (AvgIpc) is 3.15. The maximum Gasteiger partial charge on any atom is 0.235 e. The Labute approximate surface area is 182 Å². The summed E-state index contributed by atoms with van der Waals surface area (Å²) in [5.41, 5.74) is 1.62. The third-order valence-corrected chi connectivity index (χ3v) is 7.82. The van der Waals surface area contributed by atoms with E-state index in [1.807, 2.05) is 38.1 Å². The number of anilines is 2. The Hall–Kier alpha value is -3.12. The van der Waals surface area contributed by atoms with Gasteiger partial charge in [-0.2, -0.15) is 10.4 Å². The highest BCUT2D eigenvalue weighted by molar-refractivity contribution is 7.93. The van der Waals surface area contributed by atoms with Gasteiger partial charge in [0.1, 0.15) is 5.82 Å². The molecule has 0 radical (unpaired) electrons. The molecule has 9 heteroatoms. The number of para-hydroxylation sites is 1. The van der Waals surface area contributed by atoms with Crippen LogP contribution in [0, 0.1) is 11.3 Å². The first-order valence-electron chi connectivity index (χ1n) is 10.3. The molecule has 0 aliphatic carbocycles. The lowest BCUT2D eigenvalue weighted by Gasteiger charge is -2.33. The first kappa shape index (κ1) is 21.1. The molecule has 2 aromatic heterocycles. The zero-order valence-electron chi connectivity index (χ0n) is 17.9. The van der Waals surface area contributed by atoms with Crippen molar-refractivity contribution in [1.82, 2.24) is 14.8 Å². The molecule has 1 aromatic carbocycles. The van der Waals surface area contributed by atoms with E-state index >= 15 is 0 Å². The van der Waals surface area contributed by atoms with E-state index in [1.54, 1.807) is 30.2 Å². The third kappa shape index (κ3) is 4.08. The van der Waals surface area contributed by atoms with Crippen LogP contribution in [0.2, 0.25) is 0 Å². The van der Waals surface area contributed by atoms with E-state index in [4.69, 9.17) is 0 Å². The molecule has 31 heavy (non-hydrogen) atoms. The summed E-state index contributed by atoms with van der Waals surface area (Å²) in [5.74, 6) is 0.782. The van der Waals surface area contributed by atoms with Gasteiger partial charge in [0.15, 0.2) is 0 Å². The van der Waals surface area contributed by atoms with Crippen molar-refractivity contribution in [3.05, 3.63) is 48.3 Å². The van der Waals surface area contributed by atoms with Gasteiger partial charge in [-0.3, -0.25) is 9.40 Å². The molecule has 3 heterocycles. The van der Waals surface area contributed by atoms with Gasteiger partial charge in [0.2, 0.25) is 10.0 Å². The number of benzene rings is 1. The highest BCUT2D eigenvalue weighted by Crippen LogP contribution is 2.29. The molecule has 0 bridgehead atoms. The Morgan fingerprint density at radius 3 is 2.68 bits per heavy atom. The summed E-state index contributed by atoms with van der Waals surface area (Å²) >= 11 is 0. The van der Waals surface area contributed by atoms with Crippen molar-refractivity contribution in [3.63, 3.8) is 0 Å². The van der Waals surface area contributed by atoms with Crippen LogP contribution in [0.4, 0.5) is 11.5 Å². The summed E-state index contributed by atoms with van der Waals surface area (Å²) in [6, 6.07) is 11.6. The topological polar surface area (TPSA) is 104 Å². The lowest BCUT2D eigenvalue weighted by atomic mass is 9.87. The Morgan fingerprint density at radius 1 is 1.23 bits per heavy atom.